The Bertz CT molecular complexity index is 903. The van der Waals surface area contributed by atoms with Gasteiger partial charge < -0.3 is 20.9 Å². The predicted octanol–water partition coefficient (Wildman–Crippen LogP) is 0.642. The molecule has 1 aromatic rings. The summed E-state index contributed by atoms with van der Waals surface area (Å²) in [7, 11) is 0. The number of hydrogen-bond acceptors (Lipinski definition) is 7. The largest absolute Gasteiger partial charge is 0.477 e. The Morgan fingerprint density at radius 3 is 2.62 bits per heavy atom. The van der Waals surface area contributed by atoms with Gasteiger partial charge in [0.25, 0.3) is 5.91 Å². The van der Waals surface area contributed by atoms with E-state index in [4.69, 9.17) is 22.1 Å². The van der Waals surface area contributed by atoms with Crippen LogP contribution < -0.4 is 11.1 Å². The number of halogens is 1. The number of carbonyl (C=O) groups is 4. The van der Waals surface area contributed by atoms with Gasteiger partial charge in [0.1, 0.15) is 29.8 Å². The third kappa shape index (κ3) is 4.24. The standard InChI is InChI=1S/C18H18ClN3O6S/c1-8(23)28-6-10-7-29-17-13(16(25)22(17)14(10)18(26)27)21-15(24)12(20)9-2-4-11(19)5-3-9/h2-5,12-13,17H,6-7,20H2,1H3,(H,21,24)(H,26,27)/t12?,13-,17-/m1/s1. The molecule has 154 valence electrons. The van der Waals surface area contributed by atoms with Gasteiger partial charge in [0.2, 0.25) is 5.91 Å². The lowest BCUT2D eigenvalue weighted by molar-refractivity contribution is -0.151. The quantitative estimate of drug-likeness (QED) is 0.433. The molecule has 0 spiro atoms. The number of ether oxygens (including phenoxy) is 1. The summed E-state index contributed by atoms with van der Waals surface area (Å²) in [5.74, 6) is -2.72. The number of esters is 1. The number of fused-ring (bicyclic) bond motifs is 1. The lowest BCUT2D eigenvalue weighted by Gasteiger charge is -2.49. The number of aliphatic carboxylic acids is 1. The molecule has 2 amide bonds. The van der Waals surface area contributed by atoms with Crippen LogP contribution in [-0.2, 0) is 23.9 Å². The van der Waals surface area contributed by atoms with Gasteiger partial charge in [-0.15, -0.1) is 11.8 Å². The minimum Gasteiger partial charge on any atom is -0.477 e. The van der Waals surface area contributed by atoms with Crippen LogP contribution in [0.3, 0.4) is 0 Å². The molecule has 2 aliphatic heterocycles. The number of amides is 2. The summed E-state index contributed by atoms with van der Waals surface area (Å²) in [5, 5.41) is 12.0. The number of rotatable bonds is 6. The Morgan fingerprint density at radius 2 is 2.03 bits per heavy atom. The molecular formula is C18H18ClN3O6S. The van der Waals surface area contributed by atoms with Crippen LogP contribution in [0.5, 0.6) is 0 Å². The van der Waals surface area contributed by atoms with E-state index in [1.165, 1.54) is 18.7 Å². The zero-order valence-corrected chi connectivity index (χ0v) is 16.8. The van der Waals surface area contributed by atoms with Crippen LogP contribution in [-0.4, -0.2) is 57.5 Å². The van der Waals surface area contributed by atoms with Gasteiger partial charge in [-0.3, -0.25) is 19.3 Å². The number of nitrogens with one attached hydrogen (secondary N) is 1. The molecule has 3 rings (SSSR count). The average Bonchev–Trinajstić information content (AvgIpc) is 2.69. The molecule has 3 atom stereocenters. The van der Waals surface area contributed by atoms with E-state index in [1.807, 2.05) is 0 Å². The van der Waals surface area contributed by atoms with Crippen LogP contribution in [0.4, 0.5) is 0 Å². The Labute approximate surface area is 175 Å². The SMILES string of the molecule is CC(=O)OCC1=C(C(=O)O)N2C(=O)[C@@H](NC(=O)C(N)c3ccc(Cl)cc3)[C@H]2SC1. The fraction of sp³-hybridized carbons (Fsp3) is 0.333. The topological polar surface area (TPSA) is 139 Å². The van der Waals surface area contributed by atoms with Gasteiger partial charge in [-0.2, -0.15) is 0 Å². The van der Waals surface area contributed by atoms with Crippen molar-refractivity contribution >= 4 is 47.1 Å². The molecule has 0 aliphatic carbocycles. The number of nitrogens with two attached hydrogens (primary N) is 1. The fourth-order valence-corrected chi connectivity index (χ4v) is 4.50. The second-order valence-corrected chi connectivity index (χ2v) is 8.00. The van der Waals surface area contributed by atoms with Crippen molar-refractivity contribution in [3.05, 3.63) is 46.1 Å². The van der Waals surface area contributed by atoms with E-state index < -0.39 is 41.2 Å². The molecule has 0 radical (unpaired) electrons. The van der Waals surface area contributed by atoms with Crippen LogP contribution in [0.1, 0.15) is 18.5 Å². The van der Waals surface area contributed by atoms with Gasteiger partial charge in [0, 0.05) is 23.3 Å². The van der Waals surface area contributed by atoms with Crippen LogP contribution >= 0.6 is 23.4 Å². The third-order valence-corrected chi connectivity index (χ3v) is 6.10. The van der Waals surface area contributed by atoms with Crippen molar-refractivity contribution in [1.82, 2.24) is 10.2 Å². The highest BCUT2D eigenvalue weighted by atomic mass is 35.5. The van der Waals surface area contributed by atoms with Crippen molar-refractivity contribution in [3.63, 3.8) is 0 Å². The Hall–Kier alpha value is -2.56. The number of carbonyl (C=O) groups excluding carboxylic acids is 3. The molecule has 29 heavy (non-hydrogen) atoms. The predicted molar refractivity (Wildman–Crippen MR) is 105 cm³/mol. The van der Waals surface area contributed by atoms with Crippen LogP contribution in [0, 0.1) is 0 Å². The van der Waals surface area contributed by atoms with Crippen LogP contribution in [0.2, 0.25) is 5.02 Å². The van der Waals surface area contributed by atoms with E-state index >= 15 is 0 Å². The molecule has 0 saturated carbocycles. The molecule has 1 saturated heterocycles. The van der Waals surface area contributed by atoms with Gasteiger partial charge in [-0.25, -0.2) is 4.79 Å². The Morgan fingerprint density at radius 1 is 1.38 bits per heavy atom. The number of β-lactam (4-membered cyclic amide) rings is 1. The lowest BCUT2D eigenvalue weighted by atomic mass is 10.0. The molecule has 1 fully saturated rings. The highest BCUT2D eigenvalue weighted by Gasteiger charge is 2.54. The zero-order chi connectivity index (χ0) is 21.3. The van der Waals surface area contributed by atoms with E-state index in [9.17, 15) is 24.3 Å². The monoisotopic (exact) mass is 439 g/mol. The summed E-state index contributed by atoms with van der Waals surface area (Å²) in [6, 6.07) is 4.54. The van der Waals surface area contributed by atoms with Crippen molar-refractivity contribution in [3.8, 4) is 0 Å². The second-order valence-electron chi connectivity index (χ2n) is 6.46. The first-order valence-corrected chi connectivity index (χ1v) is 9.98. The molecule has 4 N–H and O–H groups in total. The van der Waals surface area contributed by atoms with Gasteiger partial charge >= 0.3 is 11.9 Å². The van der Waals surface area contributed by atoms with Gasteiger partial charge in [-0.1, -0.05) is 23.7 Å². The number of benzene rings is 1. The van der Waals surface area contributed by atoms with Crippen molar-refractivity contribution in [1.29, 1.82) is 0 Å². The molecule has 11 heteroatoms. The summed E-state index contributed by atoms with van der Waals surface area (Å²) < 4.78 is 4.88. The van der Waals surface area contributed by atoms with Gasteiger partial charge in [0.05, 0.1) is 0 Å². The Kier molecular flexibility index (Phi) is 6.15. The lowest BCUT2D eigenvalue weighted by Crippen LogP contribution is -2.71. The maximum Gasteiger partial charge on any atom is 0.352 e. The van der Waals surface area contributed by atoms with E-state index in [-0.39, 0.29) is 18.1 Å². The number of hydrogen-bond donors (Lipinski definition) is 3. The van der Waals surface area contributed by atoms with Crippen molar-refractivity contribution in [2.45, 2.75) is 24.4 Å². The summed E-state index contributed by atoms with van der Waals surface area (Å²) in [5.41, 5.74) is 6.59. The molecule has 9 nitrogen and oxygen atoms in total. The highest BCUT2D eigenvalue weighted by Crippen LogP contribution is 2.40. The number of thioether (sulfide) groups is 1. The second kappa shape index (κ2) is 8.44. The van der Waals surface area contributed by atoms with Crippen molar-refractivity contribution in [2.75, 3.05) is 12.4 Å². The summed E-state index contributed by atoms with van der Waals surface area (Å²) in [4.78, 5) is 48.8. The minimum atomic E-state index is -1.30. The summed E-state index contributed by atoms with van der Waals surface area (Å²) in [6.07, 6.45) is 0. The number of carboxylic acid groups (broad SMARTS) is 1. The first kappa shape index (κ1) is 21.2. The molecule has 1 unspecified atom stereocenters. The van der Waals surface area contributed by atoms with Crippen molar-refractivity contribution < 1.29 is 29.0 Å². The zero-order valence-electron chi connectivity index (χ0n) is 15.3. The van der Waals surface area contributed by atoms with Gasteiger partial charge in [0.15, 0.2) is 0 Å². The Balaban J connectivity index is 1.71. The van der Waals surface area contributed by atoms with Crippen LogP contribution in [0.15, 0.2) is 35.5 Å². The number of nitrogens with zero attached hydrogens (tertiary/aromatic N) is 1. The molecule has 2 aliphatic rings. The van der Waals surface area contributed by atoms with E-state index in [2.05, 4.69) is 5.32 Å². The molecule has 0 aromatic heterocycles. The van der Waals surface area contributed by atoms with E-state index in [1.54, 1.807) is 24.3 Å². The smallest absolute Gasteiger partial charge is 0.352 e. The van der Waals surface area contributed by atoms with Gasteiger partial charge in [-0.05, 0) is 17.7 Å². The van der Waals surface area contributed by atoms with E-state index in [0.29, 0.717) is 16.2 Å². The molecular weight excluding hydrogens is 422 g/mol. The maximum absolute atomic E-state index is 12.6. The summed E-state index contributed by atoms with van der Waals surface area (Å²) >= 11 is 7.10. The molecule has 0 bridgehead atoms. The average molecular weight is 440 g/mol. The molecule has 2 heterocycles. The molecule has 1 aromatic carbocycles. The number of carboxylic acids is 1. The first-order chi connectivity index (χ1) is 13.7. The third-order valence-electron chi connectivity index (χ3n) is 4.51. The highest BCUT2D eigenvalue weighted by molar-refractivity contribution is 8.00. The normalized spacial score (nSPS) is 21.8. The first-order valence-electron chi connectivity index (χ1n) is 8.55. The van der Waals surface area contributed by atoms with E-state index in [0.717, 1.165) is 4.90 Å². The van der Waals surface area contributed by atoms with Crippen molar-refractivity contribution in [2.24, 2.45) is 5.73 Å². The fourth-order valence-electron chi connectivity index (χ4n) is 3.05. The van der Waals surface area contributed by atoms with Crippen LogP contribution in [0.25, 0.3) is 0 Å². The maximum atomic E-state index is 12.6. The summed E-state index contributed by atoms with van der Waals surface area (Å²) in [6.45, 7) is 1.00. The minimum absolute atomic E-state index is 0.209.